The molecule has 0 bridgehead atoms. The average Bonchev–Trinajstić information content (AvgIpc) is 2.95. The van der Waals surface area contributed by atoms with Crippen molar-refractivity contribution >= 4 is 17.1 Å². The molecule has 1 aromatic carbocycles. The fourth-order valence-electron chi connectivity index (χ4n) is 3.26. The third kappa shape index (κ3) is 4.11. The standard InChI is InChI=1S/C21H24N4O4/c1-21(2,3)29-20(27)24-11-14(12-24)13-28-18-9-8-15(10-22-18)25-17-7-5-4-6-16(17)23-19(25)26/h4-10,14H,11-13H2,1-3H3,(H,23,26). The van der Waals surface area contributed by atoms with Gasteiger partial charge in [0.2, 0.25) is 5.88 Å². The Morgan fingerprint density at radius 2 is 1.97 bits per heavy atom. The lowest BCUT2D eigenvalue weighted by Crippen LogP contribution is -2.53. The number of para-hydroxylation sites is 2. The van der Waals surface area contributed by atoms with Gasteiger partial charge in [-0.1, -0.05) is 12.1 Å². The predicted octanol–water partition coefficient (Wildman–Crippen LogP) is 2.96. The molecule has 1 fully saturated rings. The molecule has 29 heavy (non-hydrogen) atoms. The maximum Gasteiger partial charge on any atom is 0.410 e. The largest absolute Gasteiger partial charge is 0.477 e. The van der Waals surface area contributed by atoms with Crippen LogP contribution in [0.15, 0.2) is 47.4 Å². The van der Waals surface area contributed by atoms with Crippen molar-refractivity contribution in [1.82, 2.24) is 19.4 Å². The summed E-state index contributed by atoms with van der Waals surface area (Å²) in [5.41, 5.74) is 1.54. The predicted molar refractivity (Wildman–Crippen MR) is 108 cm³/mol. The molecule has 0 saturated carbocycles. The first kappa shape index (κ1) is 19.0. The van der Waals surface area contributed by atoms with Gasteiger partial charge in [0.25, 0.3) is 0 Å². The van der Waals surface area contributed by atoms with Gasteiger partial charge in [-0.15, -0.1) is 0 Å². The molecule has 3 heterocycles. The molecular weight excluding hydrogens is 372 g/mol. The normalized spacial score (nSPS) is 14.7. The molecule has 0 spiro atoms. The SMILES string of the molecule is CC(C)(C)OC(=O)N1CC(COc2ccc(-n3c(=O)[nH]c4ccccc43)cn2)C1. The summed E-state index contributed by atoms with van der Waals surface area (Å²) in [6.07, 6.45) is 1.32. The molecule has 1 aliphatic rings. The third-order valence-electron chi connectivity index (χ3n) is 4.64. The van der Waals surface area contributed by atoms with Crippen molar-refractivity contribution in [2.75, 3.05) is 19.7 Å². The summed E-state index contributed by atoms with van der Waals surface area (Å²) in [5, 5.41) is 0. The number of ether oxygens (including phenoxy) is 2. The summed E-state index contributed by atoms with van der Waals surface area (Å²) in [7, 11) is 0. The minimum atomic E-state index is -0.489. The van der Waals surface area contributed by atoms with Crippen LogP contribution in [0.25, 0.3) is 16.7 Å². The Morgan fingerprint density at radius 1 is 1.21 bits per heavy atom. The van der Waals surface area contributed by atoms with Crippen LogP contribution in [0.1, 0.15) is 20.8 Å². The number of carbonyl (C=O) groups is 1. The summed E-state index contributed by atoms with van der Waals surface area (Å²) in [6.45, 7) is 7.25. The minimum absolute atomic E-state index is 0.210. The Hall–Kier alpha value is -3.29. The second kappa shape index (κ2) is 7.27. The van der Waals surface area contributed by atoms with E-state index in [0.717, 1.165) is 11.0 Å². The molecule has 1 saturated heterocycles. The summed E-state index contributed by atoms with van der Waals surface area (Å²) < 4.78 is 12.7. The first-order valence-electron chi connectivity index (χ1n) is 9.57. The third-order valence-corrected chi connectivity index (χ3v) is 4.64. The molecule has 0 radical (unpaired) electrons. The lowest BCUT2D eigenvalue weighted by Gasteiger charge is -2.39. The Morgan fingerprint density at radius 3 is 2.66 bits per heavy atom. The number of aromatic amines is 1. The van der Waals surface area contributed by atoms with Crippen LogP contribution in [0.2, 0.25) is 0 Å². The molecule has 8 heteroatoms. The highest BCUT2D eigenvalue weighted by Crippen LogP contribution is 2.21. The van der Waals surface area contributed by atoms with Crippen molar-refractivity contribution in [3.8, 4) is 11.6 Å². The van der Waals surface area contributed by atoms with E-state index in [1.54, 1.807) is 27.8 Å². The van der Waals surface area contributed by atoms with E-state index in [1.165, 1.54) is 0 Å². The van der Waals surface area contributed by atoms with Crippen LogP contribution in [0.5, 0.6) is 5.88 Å². The average molecular weight is 396 g/mol. The quantitative estimate of drug-likeness (QED) is 0.732. The number of likely N-dealkylation sites (tertiary alicyclic amines) is 1. The van der Waals surface area contributed by atoms with Crippen molar-refractivity contribution in [1.29, 1.82) is 0 Å². The second-order valence-electron chi connectivity index (χ2n) is 8.20. The van der Waals surface area contributed by atoms with E-state index in [-0.39, 0.29) is 17.7 Å². The van der Waals surface area contributed by atoms with Crippen molar-refractivity contribution in [2.24, 2.45) is 5.92 Å². The van der Waals surface area contributed by atoms with Crippen molar-refractivity contribution in [2.45, 2.75) is 26.4 Å². The number of hydrogen-bond donors (Lipinski definition) is 1. The number of hydrogen-bond acceptors (Lipinski definition) is 5. The molecule has 0 atom stereocenters. The van der Waals surface area contributed by atoms with Crippen LogP contribution in [0, 0.1) is 5.92 Å². The number of carbonyl (C=O) groups excluding carboxylic acids is 1. The number of nitrogens with one attached hydrogen (secondary N) is 1. The summed E-state index contributed by atoms with van der Waals surface area (Å²) >= 11 is 0. The van der Waals surface area contributed by atoms with Crippen LogP contribution in [0.4, 0.5) is 4.79 Å². The first-order chi connectivity index (χ1) is 13.8. The lowest BCUT2D eigenvalue weighted by atomic mass is 10.0. The molecule has 2 aromatic heterocycles. The fourth-order valence-corrected chi connectivity index (χ4v) is 3.26. The van der Waals surface area contributed by atoms with E-state index in [0.29, 0.717) is 31.3 Å². The lowest BCUT2D eigenvalue weighted by molar-refractivity contribution is -0.00807. The van der Waals surface area contributed by atoms with Gasteiger partial charge in [-0.3, -0.25) is 4.57 Å². The van der Waals surface area contributed by atoms with Crippen molar-refractivity contribution in [3.05, 3.63) is 53.1 Å². The van der Waals surface area contributed by atoms with Gasteiger partial charge < -0.3 is 19.4 Å². The fraction of sp³-hybridized carbons (Fsp3) is 0.381. The van der Waals surface area contributed by atoms with Gasteiger partial charge in [-0.2, -0.15) is 0 Å². The number of H-pyrrole nitrogens is 1. The number of nitrogens with zero attached hydrogens (tertiary/aromatic N) is 3. The van der Waals surface area contributed by atoms with Crippen molar-refractivity contribution in [3.63, 3.8) is 0 Å². The number of aromatic nitrogens is 3. The van der Waals surface area contributed by atoms with Gasteiger partial charge >= 0.3 is 11.8 Å². The molecular formula is C21H24N4O4. The summed E-state index contributed by atoms with van der Waals surface area (Å²) in [4.78, 5) is 33.0. The number of rotatable bonds is 4. The Balaban J connectivity index is 1.34. The number of benzene rings is 1. The number of amides is 1. The molecule has 1 aliphatic heterocycles. The topological polar surface area (TPSA) is 89.5 Å². The summed E-state index contributed by atoms with van der Waals surface area (Å²) in [6, 6.07) is 11.0. The van der Waals surface area contributed by atoms with E-state index in [1.807, 2.05) is 45.0 Å². The van der Waals surface area contributed by atoms with Gasteiger partial charge in [0.05, 0.1) is 29.5 Å². The van der Waals surface area contributed by atoms with Crippen LogP contribution in [-0.4, -0.2) is 50.8 Å². The van der Waals surface area contributed by atoms with Crippen LogP contribution < -0.4 is 10.4 Å². The zero-order chi connectivity index (χ0) is 20.6. The summed E-state index contributed by atoms with van der Waals surface area (Å²) in [5.74, 6) is 0.734. The first-order valence-corrected chi connectivity index (χ1v) is 9.57. The Bertz CT molecular complexity index is 1070. The molecule has 0 unspecified atom stereocenters. The van der Waals surface area contributed by atoms with Gasteiger partial charge in [0, 0.05) is 25.1 Å². The van der Waals surface area contributed by atoms with Gasteiger partial charge in [0.15, 0.2) is 0 Å². The minimum Gasteiger partial charge on any atom is -0.477 e. The zero-order valence-corrected chi connectivity index (χ0v) is 16.7. The molecule has 1 amide bonds. The van der Waals surface area contributed by atoms with E-state index in [4.69, 9.17) is 9.47 Å². The second-order valence-corrected chi connectivity index (χ2v) is 8.20. The van der Waals surface area contributed by atoms with Crippen LogP contribution in [-0.2, 0) is 4.74 Å². The maximum absolute atomic E-state index is 12.3. The van der Waals surface area contributed by atoms with Crippen LogP contribution >= 0.6 is 0 Å². The Labute approximate surface area is 168 Å². The Kier molecular flexibility index (Phi) is 4.77. The van der Waals surface area contributed by atoms with Crippen LogP contribution in [0.3, 0.4) is 0 Å². The van der Waals surface area contributed by atoms with E-state index >= 15 is 0 Å². The molecule has 8 nitrogen and oxygen atoms in total. The van der Waals surface area contributed by atoms with Gasteiger partial charge in [-0.25, -0.2) is 14.6 Å². The molecule has 152 valence electrons. The molecule has 0 aliphatic carbocycles. The highest BCUT2D eigenvalue weighted by atomic mass is 16.6. The van der Waals surface area contributed by atoms with Crippen molar-refractivity contribution < 1.29 is 14.3 Å². The molecule has 1 N–H and O–H groups in total. The smallest absolute Gasteiger partial charge is 0.410 e. The zero-order valence-electron chi connectivity index (χ0n) is 16.7. The molecule has 3 aromatic rings. The highest BCUT2D eigenvalue weighted by molar-refractivity contribution is 5.77. The highest BCUT2D eigenvalue weighted by Gasteiger charge is 2.34. The van der Waals surface area contributed by atoms with Gasteiger partial charge in [-0.05, 0) is 39.0 Å². The molecule has 4 rings (SSSR count). The van der Waals surface area contributed by atoms with E-state index < -0.39 is 5.60 Å². The van der Waals surface area contributed by atoms with E-state index in [2.05, 4.69) is 9.97 Å². The van der Waals surface area contributed by atoms with E-state index in [9.17, 15) is 9.59 Å². The monoisotopic (exact) mass is 396 g/mol. The number of pyridine rings is 1. The van der Waals surface area contributed by atoms with Gasteiger partial charge in [0.1, 0.15) is 5.60 Å². The maximum atomic E-state index is 12.3. The number of imidazole rings is 1. The number of fused-ring (bicyclic) bond motifs is 1.